The van der Waals surface area contributed by atoms with Crippen molar-refractivity contribution in [3.8, 4) is 11.5 Å². The molecule has 202 valence electrons. The van der Waals surface area contributed by atoms with E-state index in [1.165, 1.54) is 12.1 Å². The highest BCUT2D eigenvalue weighted by molar-refractivity contribution is 7.90. The van der Waals surface area contributed by atoms with Gasteiger partial charge in [0.2, 0.25) is 18.6 Å². The number of aryl methyl sites for hydroxylation is 1. The van der Waals surface area contributed by atoms with Gasteiger partial charge in [0.05, 0.1) is 10.8 Å². The van der Waals surface area contributed by atoms with Crippen molar-refractivity contribution in [3.05, 3.63) is 89.1 Å². The number of rotatable bonds is 8. The van der Waals surface area contributed by atoms with E-state index in [9.17, 15) is 18.0 Å². The van der Waals surface area contributed by atoms with Gasteiger partial charge >= 0.3 is 0 Å². The topological polar surface area (TPSA) is 130 Å². The summed E-state index contributed by atoms with van der Waals surface area (Å²) in [6.07, 6.45) is 1.80. The molecule has 0 saturated heterocycles. The first-order chi connectivity index (χ1) is 18.6. The van der Waals surface area contributed by atoms with Crippen LogP contribution in [0.5, 0.6) is 11.5 Å². The molecule has 9 nitrogen and oxygen atoms in total. The van der Waals surface area contributed by atoms with Crippen LogP contribution in [0, 0.1) is 0 Å². The Hall–Kier alpha value is -4.31. The van der Waals surface area contributed by atoms with Crippen molar-refractivity contribution in [3.63, 3.8) is 0 Å². The van der Waals surface area contributed by atoms with Gasteiger partial charge in [-0.15, -0.1) is 0 Å². The Morgan fingerprint density at radius 3 is 2.33 bits per heavy atom. The Balaban J connectivity index is 1.61. The van der Waals surface area contributed by atoms with E-state index in [0.717, 1.165) is 5.56 Å². The van der Waals surface area contributed by atoms with Crippen LogP contribution in [-0.2, 0) is 21.4 Å². The molecule has 0 spiro atoms. The van der Waals surface area contributed by atoms with Crippen LogP contribution in [-0.4, -0.2) is 31.6 Å². The maximum Gasteiger partial charge on any atom is 0.264 e. The van der Waals surface area contributed by atoms with Gasteiger partial charge < -0.3 is 19.8 Å². The zero-order chi connectivity index (χ0) is 27.9. The van der Waals surface area contributed by atoms with Gasteiger partial charge in [0.1, 0.15) is 0 Å². The Bertz CT molecular complexity index is 1690. The molecule has 0 saturated carbocycles. The molecule has 1 aliphatic rings. The largest absolute Gasteiger partial charge is 0.454 e. The first kappa shape index (κ1) is 26.3. The number of sulfonamides is 1. The number of nitrogens with one attached hydrogen (secondary N) is 1. The molecule has 3 aromatic carbocycles. The number of nitrogens with zero attached hydrogens (tertiary/aromatic N) is 1. The fourth-order valence-corrected chi connectivity index (χ4v) is 5.81. The Morgan fingerprint density at radius 1 is 0.974 bits per heavy atom. The molecule has 0 radical (unpaired) electrons. The lowest BCUT2D eigenvalue weighted by Gasteiger charge is -2.18. The number of hydrogen-bond acceptors (Lipinski definition) is 6. The second-order valence-electron chi connectivity index (χ2n) is 9.71. The average molecular weight is 548 g/mol. The summed E-state index contributed by atoms with van der Waals surface area (Å²) in [5.74, 6) is -1.07. The van der Waals surface area contributed by atoms with Crippen molar-refractivity contribution in [1.29, 1.82) is 0 Å². The van der Waals surface area contributed by atoms with Gasteiger partial charge in [0.25, 0.3) is 10.0 Å². The third kappa shape index (κ3) is 4.95. The fourth-order valence-electron chi connectivity index (χ4n) is 4.81. The third-order valence-electron chi connectivity index (χ3n) is 6.93. The number of amides is 2. The summed E-state index contributed by atoms with van der Waals surface area (Å²) in [5.41, 5.74) is 8.62. The van der Waals surface area contributed by atoms with Gasteiger partial charge in [-0.05, 0) is 65.9 Å². The number of aromatic nitrogens is 1. The molecule has 1 unspecified atom stereocenters. The van der Waals surface area contributed by atoms with Gasteiger partial charge in [-0.1, -0.05) is 38.1 Å². The number of nitrogens with two attached hydrogens (primary N) is 1. The summed E-state index contributed by atoms with van der Waals surface area (Å²) >= 11 is 0. The number of ether oxygens (including phenoxy) is 2. The molecule has 5 rings (SSSR count). The maximum atomic E-state index is 13.9. The molecule has 10 heteroatoms. The van der Waals surface area contributed by atoms with Crippen LogP contribution in [0.25, 0.3) is 10.9 Å². The van der Waals surface area contributed by atoms with Crippen LogP contribution in [0.1, 0.15) is 59.7 Å². The van der Waals surface area contributed by atoms with Crippen LogP contribution in [0.3, 0.4) is 0 Å². The highest BCUT2D eigenvalue weighted by Crippen LogP contribution is 2.39. The number of fused-ring (bicyclic) bond motifs is 2. The molecule has 0 aliphatic carbocycles. The van der Waals surface area contributed by atoms with E-state index in [1.54, 1.807) is 54.7 Å². The van der Waals surface area contributed by atoms with Crippen LogP contribution in [0.2, 0.25) is 0 Å². The van der Waals surface area contributed by atoms with Crippen LogP contribution in [0.4, 0.5) is 0 Å². The Kier molecular flexibility index (Phi) is 6.82. The van der Waals surface area contributed by atoms with E-state index < -0.39 is 27.8 Å². The average Bonchev–Trinajstić information content (AvgIpc) is 3.52. The lowest BCUT2D eigenvalue weighted by Crippen LogP contribution is -2.35. The minimum absolute atomic E-state index is 0.00762. The number of benzene rings is 3. The standard InChI is InChI=1S/C29H29N3O6S/c1-4-32-15-23(22-11-7-20(28(30)33)13-24(22)32)27(19-8-12-25-26(14-19)38-16-37-25)29(34)31-39(35,36)21-9-5-18(6-10-21)17(2)3/h5-15,17,27H,4,16H2,1-3H3,(H2,30,33)(H,31,34). The number of carbonyl (C=O) groups excluding carboxylic acids is 2. The van der Waals surface area contributed by atoms with E-state index in [2.05, 4.69) is 4.72 Å². The molecule has 4 aromatic rings. The number of carbonyl (C=O) groups is 2. The molecule has 1 aromatic heterocycles. The molecule has 2 amide bonds. The molecular weight excluding hydrogens is 518 g/mol. The van der Waals surface area contributed by atoms with E-state index in [-0.39, 0.29) is 17.6 Å². The quantitative estimate of drug-likeness (QED) is 0.339. The zero-order valence-corrected chi connectivity index (χ0v) is 22.6. The highest BCUT2D eigenvalue weighted by atomic mass is 32.2. The van der Waals surface area contributed by atoms with Crippen molar-refractivity contribution in [1.82, 2.24) is 9.29 Å². The minimum atomic E-state index is -4.17. The summed E-state index contributed by atoms with van der Waals surface area (Å²) in [5, 5.41) is 0.693. The first-order valence-electron chi connectivity index (χ1n) is 12.6. The monoisotopic (exact) mass is 547 g/mol. The molecular formula is C29H29N3O6S. The highest BCUT2D eigenvalue weighted by Gasteiger charge is 2.31. The normalized spacial score (nSPS) is 13.5. The number of primary amides is 1. The fraction of sp³-hybridized carbons (Fsp3) is 0.241. The maximum absolute atomic E-state index is 13.9. The number of hydrogen-bond donors (Lipinski definition) is 2. The van der Waals surface area contributed by atoms with E-state index >= 15 is 0 Å². The van der Waals surface area contributed by atoms with Crippen molar-refractivity contribution >= 4 is 32.7 Å². The van der Waals surface area contributed by atoms with Gasteiger partial charge in [0.15, 0.2) is 11.5 Å². The van der Waals surface area contributed by atoms with Crippen LogP contribution >= 0.6 is 0 Å². The summed E-state index contributed by atoms with van der Waals surface area (Å²) in [6, 6.07) is 16.6. The molecule has 2 heterocycles. The SMILES string of the molecule is CCn1cc(C(C(=O)NS(=O)(=O)c2ccc(C(C)C)cc2)c2ccc3c(c2)OCO3)c2ccc(C(N)=O)cc21. The van der Waals surface area contributed by atoms with E-state index in [1.807, 2.05) is 25.3 Å². The zero-order valence-electron chi connectivity index (χ0n) is 21.8. The minimum Gasteiger partial charge on any atom is -0.454 e. The molecule has 3 N–H and O–H groups in total. The van der Waals surface area contributed by atoms with Crippen molar-refractivity contribution in [2.24, 2.45) is 5.73 Å². The lowest BCUT2D eigenvalue weighted by atomic mass is 9.90. The summed E-state index contributed by atoms with van der Waals surface area (Å²) in [7, 11) is -4.17. The third-order valence-corrected chi connectivity index (χ3v) is 8.30. The first-order valence-corrected chi connectivity index (χ1v) is 14.1. The van der Waals surface area contributed by atoms with Crippen molar-refractivity contribution < 1.29 is 27.5 Å². The van der Waals surface area contributed by atoms with Gasteiger partial charge in [-0.25, -0.2) is 13.1 Å². The molecule has 1 aliphatic heterocycles. The predicted molar refractivity (Wildman–Crippen MR) is 146 cm³/mol. The smallest absolute Gasteiger partial charge is 0.264 e. The van der Waals surface area contributed by atoms with Gasteiger partial charge in [-0.3, -0.25) is 9.59 Å². The predicted octanol–water partition coefficient (Wildman–Crippen LogP) is 4.25. The Morgan fingerprint density at radius 2 is 1.67 bits per heavy atom. The lowest BCUT2D eigenvalue weighted by molar-refractivity contribution is -0.119. The second kappa shape index (κ2) is 10.1. The van der Waals surface area contributed by atoms with Crippen LogP contribution < -0.4 is 19.9 Å². The van der Waals surface area contributed by atoms with Crippen molar-refractivity contribution in [2.75, 3.05) is 6.79 Å². The second-order valence-corrected chi connectivity index (χ2v) is 11.4. The molecule has 0 bridgehead atoms. The van der Waals surface area contributed by atoms with E-state index in [0.29, 0.717) is 45.6 Å². The molecule has 39 heavy (non-hydrogen) atoms. The summed E-state index contributed by atoms with van der Waals surface area (Å²) in [6.45, 7) is 6.57. The van der Waals surface area contributed by atoms with Crippen LogP contribution in [0.15, 0.2) is 71.8 Å². The Labute approximate surface area is 226 Å². The summed E-state index contributed by atoms with van der Waals surface area (Å²) < 4.78 is 41.7. The molecule has 1 atom stereocenters. The molecule has 0 fully saturated rings. The van der Waals surface area contributed by atoms with E-state index in [4.69, 9.17) is 15.2 Å². The van der Waals surface area contributed by atoms with Crippen molar-refractivity contribution in [2.45, 2.75) is 44.0 Å². The summed E-state index contributed by atoms with van der Waals surface area (Å²) in [4.78, 5) is 25.7. The van der Waals surface area contributed by atoms with Gasteiger partial charge in [-0.2, -0.15) is 0 Å². The van der Waals surface area contributed by atoms with Gasteiger partial charge in [0, 0.05) is 29.2 Å².